The minimum atomic E-state index is -1.41. The minimum Gasteiger partial charge on any atom is -0.325 e. The van der Waals surface area contributed by atoms with Crippen LogP contribution in [0.1, 0.15) is 18.9 Å². The lowest BCUT2D eigenvalue weighted by molar-refractivity contribution is -0.127. The van der Waals surface area contributed by atoms with Crippen molar-refractivity contribution in [1.82, 2.24) is 0 Å². The van der Waals surface area contributed by atoms with Crippen molar-refractivity contribution in [2.24, 2.45) is 5.92 Å². The predicted octanol–water partition coefficient (Wildman–Crippen LogP) is 2.12. The number of nitriles is 2. The number of nitrogens with zero attached hydrogens (tertiary/aromatic N) is 2. The Balaban J connectivity index is 2.73. The maximum absolute atomic E-state index is 12.4. The summed E-state index contributed by atoms with van der Waals surface area (Å²) in [4.78, 5) is 24.0. The maximum Gasteiger partial charge on any atom is 0.238 e. The van der Waals surface area contributed by atoms with Crippen molar-refractivity contribution in [3.63, 3.8) is 0 Å². The van der Waals surface area contributed by atoms with Gasteiger partial charge in [0.15, 0.2) is 5.92 Å². The van der Waals surface area contributed by atoms with Gasteiger partial charge in [0.1, 0.15) is 11.2 Å². The van der Waals surface area contributed by atoms with Crippen molar-refractivity contribution < 1.29 is 9.59 Å². The van der Waals surface area contributed by atoms with E-state index in [0.717, 1.165) is 3.57 Å². The van der Waals surface area contributed by atoms with Crippen LogP contribution in [0.3, 0.4) is 0 Å². The molecular weight excluding hydrogens is 369 g/mol. The van der Waals surface area contributed by atoms with Crippen molar-refractivity contribution in [2.45, 2.75) is 18.8 Å². The summed E-state index contributed by atoms with van der Waals surface area (Å²) in [6, 6.07) is 9.00. The van der Waals surface area contributed by atoms with E-state index >= 15 is 0 Å². The third kappa shape index (κ3) is 2.06. The lowest BCUT2D eigenvalue weighted by Gasteiger charge is -2.27. The number of carbonyl (C=O) groups excluding carboxylic acids is 2. The number of benzene rings is 1. The molecule has 0 saturated heterocycles. The summed E-state index contributed by atoms with van der Waals surface area (Å²) in [7, 11) is 0. The molecule has 2 rings (SSSR count). The standard InChI is InChI=1S/C14H10IN3O2/c1-8(19)5-14(9(6-16)7-17)11-4-10(15)2-3-12(11)18-13(14)20/h2-4,9H,5H2,1H3,(H,18,20). The van der Waals surface area contributed by atoms with Crippen LogP contribution in [0.5, 0.6) is 0 Å². The molecule has 20 heavy (non-hydrogen) atoms. The molecule has 0 radical (unpaired) electrons. The van der Waals surface area contributed by atoms with Gasteiger partial charge in [-0.1, -0.05) is 0 Å². The summed E-state index contributed by atoms with van der Waals surface area (Å²) in [5.41, 5.74) is -0.295. The second-order valence-electron chi connectivity index (χ2n) is 4.69. The Morgan fingerprint density at radius 2 is 2.10 bits per heavy atom. The predicted molar refractivity (Wildman–Crippen MR) is 79.5 cm³/mol. The van der Waals surface area contributed by atoms with Gasteiger partial charge < -0.3 is 5.32 Å². The fourth-order valence-corrected chi connectivity index (χ4v) is 3.05. The highest BCUT2D eigenvalue weighted by atomic mass is 127. The molecule has 0 fully saturated rings. The monoisotopic (exact) mass is 379 g/mol. The molecule has 0 aromatic heterocycles. The number of amides is 1. The average Bonchev–Trinajstić information content (AvgIpc) is 2.64. The van der Waals surface area contributed by atoms with E-state index in [0.29, 0.717) is 11.3 Å². The molecule has 1 aromatic rings. The van der Waals surface area contributed by atoms with Gasteiger partial charge in [0.25, 0.3) is 0 Å². The Morgan fingerprint density at radius 3 is 2.65 bits per heavy atom. The van der Waals surface area contributed by atoms with Gasteiger partial charge in [0.2, 0.25) is 5.91 Å². The number of hydrogen-bond acceptors (Lipinski definition) is 4. The maximum atomic E-state index is 12.4. The third-order valence-corrected chi connectivity index (χ3v) is 4.07. The first-order valence-electron chi connectivity index (χ1n) is 5.86. The van der Waals surface area contributed by atoms with E-state index in [4.69, 9.17) is 0 Å². The van der Waals surface area contributed by atoms with Gasteiger partial charge in [-0.2, -0.15) is 10.5 Å². The van der Waals surface area contributed by atoms with Gasteiger partial charge in [-0.25, -0.2) is 0 Å². The molecule has 0 spiro atoms. The average molecular weight is 379 g/mol. The smallest absolute Gasteiger partial charge is 0.238 e. The Bertz CT molecular complexity index is 673. The highest BCUT2D eigenvalue weighted by molar-refractivity contribution is 14.1. The molecule has 6 heteroatoms. The first-order valence-corrected chi connectivity index (χ1v) is 6.93. The number of anilines is 1. The van der Waals surface area contributed by atoms with Crippen LogP contribution in [0.2, 0.25) is 0 Å². The molecule has 1 atom stereocenters. The molecule has 0 bridgehead atoms. The van der Waals surface area contributed by atoms with Crippen molar-refractivity contribution in [3.8, 4) is 12.1 Å². The quantitative estimate of drug-likeness (QED) is 0.815. The highest BCUT2D eigenvalue weighted by Crippen LogP contribution is 2.46. The molecule has 100 valence electrons. The van der Waals surface area contributed by atoms with E-state index in [9.17, 15) is 20.1 Å². The van der Waals surface area contributed by atoms with Crippen molar-refractivity contribution in [1.29, 1.82) is 10.5 Å². The largest absolute Gasteiger partial charge is 0.325 e. The van der Waals surface area contributed by atoms with Crippen LogP contribution in [0.4, 0.5) is 5.69 Å². The Morgan fingerprint density at radius 1 is 1.45 bits per heavy atom. The van der Waals surface area contributed by atoms with Gasteiger partial charge in [-0.3, -0.25) is 9.59 Å². The SMILES string of the molecule is CC(=O)CC1(C(C#N)C#N)C(=O)Nc2ccc(I)cc21. The number of fused-ring (bicyclic) bond motifs is 1. The number of Topliss-reactive ketones (excluding diaryl/α,β-unsaturated/α-hetero) is 1. The second-order valence-corrected chi connectivity index (χ2v) is 5.93. The zero-order chi connectivity index (χ0) is 14.9. The van der Waals surface area contributed by atoms with E-state index in [1.54, 1.807) is 12.1 Å². The van der Waals surface area contributed by atoms with E-state index < -0.39 is 17.2 Å². The Kier molecular flexibility index (Phi) is 3.78. The molecule has 1 aliphatic heterocycles. The van der Waals surface area contributed by atoms with E-state index in [-0.39, 0.29) is 12.2 Å². The van der Waals surface area contributed by atoms with Crippen LogP contribution in [-0.2, 0) is 15.0 Å². The van der Waals surface area contributed by atoms with Crippen molar-refractivity contribution in [3.05, 3.63) is 27.3 Å². The highest BCUT2D eigenvalue weighted by Gasteiger charge is 2.54. The Labute approximate surface area is 129 Å². The van der Waals surface area contributed by atoms with Crippen LogP contribution < -0.4 is 5.32 Å². The van der Waals surface area contributed by atoms with Gasteiger partial charge in [-0.15, -0.1) is 0 Å². The molecule has 0 saturated carbocycles. The first kappa shape index (κ1) is 14.5. The molecule has 1 aliphatic rings. The summed E-state index contributed by atoms with van der Waals surface area (Å²) in [5, 5.41) is 21.1. The normalized spacial score (nSPS) is 19.9. The molecule has 1 unspecified atom stereocenters. The molecule has 1 aromatic carbocycles. The molecule has 1 heterocycles. The summed E-state index contributed by atoms with van der Waals surface area (Å²) >= 11 is 2.09. The van der Waals surface area contributed by atoms with Crippen molar-refractivity contribution in [2.75, 3.05) is 5.32 Å². The molecular formula is C14H10IN3O2. The second kappa shape index (κ2) is 5.22. The molecule has 0 aliphatic carbocycles. The summed E-state index contributed by atoms with van der Waals surface area (Å²) in [6.07, 6.45) is -0.155. The van der Waals surface area contributed by atoms with Crippen LogP contribution in [-0.4, -0.2) is 11.7 Å². The summed E-state index contributed by atoms with van der Waals surface area (Å²) in [6.45, 7) is 1.35. The van der Waals surface area contributed by atoms with Gasteiger partial charge in [0, 0.05) is 15.7 Å². The molecule has 1 amide bonds. The topological polar surface area (TPSA) is 93.8 Å². The van der Waals surface area contributed by atoms with Crippen LogP contribution >= 0.6 is 22.6 Å². The van der Waals surface area contributed by atoms with Gasteiger partial charge >= 0.3 is 0 Å². The van der Waals surface area contributed by atoms with E-state index in [1.807, 2.05) is 18.2 Å². The van der Waals surface area contributed by atoms with Crippen LogP contribution in [0, 0.1) is 32.2 Å². The van der Waals surface area contributed by atoms with Crippen LogP contribution in [0.15, 0.2) is 18.2 Å². The lowest BCUT2D eigenvalue weighted by Crippen LogP contribution is -2.42. The minimum absolute atomic E-state index is 0.155. The zero-order valence-corrected chi connectivity index (χ0v) is 12.8. The summed E-state index contributed by atoms with van der Waals surface area (Å²) in [5.74, 6) is -1.90. The van der Waals surface area contributed by atoms with E-state index in [2.05, 4.69) is 27.9 Å². The number of carbonyl (C=O) groups is 2. The van der Waals surface area contributed by atoms with Gasteiger partial charge in [0.05, 0.1) is 12.1 Å². The van der Waals surface area contributed by atoms with Gasteiger partial charge in [-0.05, 0) is 53.3 Å². The van der Waals surface area contributed by atoms with E-state index in [1.165, 1.54) is 6.92 Å². The number of rotatable bonds is 3. The summed E-state index contributed by atoms with van der Waals surface area (Å²) < 4.78 is 0.875. The molecule has 1 N–H and O–H groups in total. The third-order valence-electron chi connectivity index (χ3n) is 3.39. The van der Waals surface area contributed by atoms with Crippen LogP contribution in [0.25, 0.3) is 0 Å². The number of ketones is 1. The first-order chi connectivity index (χ1) is 9.45. The zero-order valence-electron chi connectivity index (χ0n) is 10.6. The van der Waals surface area contributed by atoms with Crippen molar-refractivity contribution >= 4 is 40.0 Å². The lowest BCUT2D eigenvalue weighted by atomic mass is 9.69. The number of hydrogen-bond donors (Lipinski definition) is 1. The Hall–Kier alpha value is -1.93. The number of nitrogens with one attached hydrogen (secondary N) is 1. The fourth-order valence-electron chi connectivity index (χ4n) is 2.56. The molecule has 5 nitrogen and oxygen atoms in total. The number of halogens is 1. The fraction of sp³-hybridized carbons (Fsp3) is 0.286.